The van der Waals surface area contributed by atoms with Crippen LogP contribution in [0, 0.1) is 17.8 Å². The van der Waals surface area contributed by atoms with Gasteiger partial charge in [0.2, 0.25) is 5.91 Å². The Morgan fingerprint density at radius 1 is 1.45 bits per heavy atom. The third kappa shape index (κ3) is 2.75. The number of rotatable bonds is 5. The number of nitrogens with one attached hydrogen (secondary N) is 1. The van der Waals surface area contributed by atoms with E-state index < -0.39 is 6.10 Å². The van der Waals surface area contributed by atoms with Gasteiger partial charge in [-0.15, -0.1) is 0 Å². The van der Waals surface area contributed by atoms with Gasteiger partial charge in [0.1, 0.15) is 11.9 Å². The Bertz CT molecular complexity index is 444. The van der Waals surface area contributed by atoms with E-state index in [1.165, 1.54) is 25.7 Å². The topological polar surface area (TPSA) is 62.5 Å². The molecular weight excluding hydrogens is 254 g/mol. The van der Waals surface area contributed by atoms with Crippen LogP contribution in [0.5, 0.6) is 0 Å². The van der Waals surface area contributed by atoms with Crippen LogP contribution in [0.4, 0.5) is 0 Å². The molecule has 0 radical (unpaired) electrons. The van der Waals surface area contributed by atoms with Gasteiger partial charge in [-0.25, -0.2) is 0 Å². The molecule has 2 fully saturated rings. The summed E-state index contributed by atoms with van der Waals surface area (Å²) in [5.74, 6) is 2.24. The maximum atomic E-state index is 12.2. The highest BCUT2D eigenvalue weighted by atomic mass is 16.4. The molecule has 1 aromatic rings. The maximum absolute atomic E-state index is 12.2. The molecule has 2 N–H and O–H groups in total. The van der Waals surface area contributed by atoms with Gasteiger partial charge in [-0.1, -0.05) is 12.8 Å². The van der Waals surface area contributed by atoms with Gasteiger partial charge in [-0.05, 0) is 43.7 Å². The van der Waals surface area contributed by atoms with Gasteiger partial charge < -0.3 is 14.8 Å². The van der Waals surface area contributed by atoms with Crippen molar-refractivity contribution in [3.63, 3.8) is 0 Å². The van der Waals surface area contributed by atoms with Crippen molar-refractivity contribution in [1.82, 2.24) is 5.32 Å². The minimum absolute atomic E-state index is 0.0368. The molecule has 2 saturated carbocycles. The number of aliphatic hydroxyl groups excluding tert-OH is 1. The minimum Gasteiger partial charge on any atom is -0.467 e. The van der Waals surface area contributed by atoms with Crippen molar-refractivity contribution < 1.29 is 14.3 Å². The molecule has 110 valence electrons. The average Bonchev–Trinajstić information content (AvgIpc) is 2.89. The van der Waals surface area contributed by atoms with Crippen molar-refractivity contribution in [3.8, 4) is 0 Å². The standard InChI is InChI=1S/C16H23NO3/c1-10(9-13(18)14-7-4-8-20-14)17-16(19)15-11-5-2-3-6-12(11)15/h4,7-8,10-13,15,18H,2-3,5-6,9H2,1H3,(H,17,19). The Kier molecular flexibility index (Phi) is 3.83. The maximum Gasteiger partial charge on any atom is 0.223 e. The van der Waals surface area contributed by atoms with Gasteiger partial charge in [0.05, 0.1) is 6.26 Å². The van der Waals surface area contributed by atoms with Crippen LogP contribution in [0.15, 0.2) is 22.8 Å². The van der Waals surface area contributed by atoms with E-state index in [-0.39, 0.29) is 17.9 Å². The van der Waals surface area contributed by atoms with Crippen molar-refractivity contribution in [3.05, 3.63) is 24.2 Å². The summed E-state index contributed by atoms with van der Waals surface area (Å²) in [4.78, 5) is 12.2. The molecule has 0 spiro atoms. The van der Waals surface area contributed by atoms with Gasteiger partial charge in [0, 0.05) is 18.4 Å². The van der Waals surface area contributed by atoms with Crippen LogP contribution in [0.3, 0.4) is 0 Å². The minimum atomic E-state index is -0.651. The summed E-state index contributed by atoms with van der Waals surface area (Å²) in [6.45, 7) is 1.94. The zero-order chi connectivity index (χ0) is 14.1. The molecule has 4 atom stereocenters. The SMILES string of the molecule is CC(CC(O)c1ccco1)NC(=O)C1C2CCCCC21. The molecule has 2 aliphatic rings. The molecule has 1 aromatic heterocycles. The third-order valence-electron chi connectivity index (χ3n) is 4.80. The first-order valence-corrected chi connectivity index (χ1v) is 7.68. The predicted molar refractivity (Wildman–Crippen MR) is 74.8 cm³/mol. The summed E-state index contributed by atoms with van der Waals surface area (Å²) in [7, 11) is 0. The second-order valence-corrected chi connectivity index (χ2v) is 6.31. The van der Waals surface area contributed by atoms with Gasteiger partial charge >= 0.3 is 0 Å². The monoisotopic (exact) mass is 277 g/mol. The Morgan fingerprint density at radius 2 is 2.15 bits per heavy atom. The van der Waals surface area contributed by atoms with E-state index in [1.54, 1.807) is 18.4 Å². The van der Waals surface area contributed by atoms with Crippen molar-refractivity contribution in [2.75, 3.05) is 0 Å². The first-order chi connectivity index (χ1) is 9.66. The fourth-order valence-corrected chi connectivity index (χ4v) is 3.71. The lowest BCUT2D eigenvalue weighted by Gasteiger charge is -2.16. The largest absolute Gasteiger partial charge is 0.467 e. The molecule has 1 heterocycles. The second kappa shape index (κ2) is 5.60. The molecule has 1 amide bonds. The quantitative estimate of drug-likeness (QED) is 0.869. The summed E-state index contributed by atoms with van der Waals surface area (Å²) in [5, 5.41) is 13.1. The third-order valence-corrected chi connectivity index (χ3v) is 4.80. The summed E-state index contributed by atoms with van der Waals surface area (Å²) in [6, 6.07) is 3.48. The van der Waals surface area contributed by atoms with Crippen LogP contribution in [0.2, 0.25) is 0 Å². The van der Waals surface area contributed by atoms with Crippen LogP contribution in [-0.4, -0.2) is 17.1 Å². The Balaban J connectivity index is 1.47. The summed E-state index contributed by atoms with van der Waals surface area (Å²) in [6.07, 6.45) is 6.37. The van der Waals surface area contributed by atoms with E-state index in [0.717, 1.165) is 0 Å². The van der Waals surface area contributed by atoms with E-state index in [1.807, 2.05) is 6.92 Å². The van der Waals surface area contributed by atoms with E-state index in [0.29, 0.717) is 24.0 Å². The fourth-order valence-electron chi connectivity index (χ4n) is 3.71. The highest BCUT2D eigenvalue weighted by Crippen LogP contribution is 2.55. The van der Waals surface area contributed by atoms with Crippen molar-refractivity contribution in [1.29, 1.82) is 0 Å². The van der Waals surface area contributed by atoms with E-state index in [2.05, 4.69) is 5.32 Å². The normalized spacial score (nSPS) is 31.2. The van der Waals surface area contributed by atoms with Crippen LogP contribution in [0.25, 0.3) is 0 Å². The molecule has 0 bridgehead atoms. The summed E-state index contributed by atoms with van der Waals surface area (Å²) in [5.41, 5.74) is 0. The van der Waals surface area contributed by atoms with Gasteiger partial charge in [0.25, 0.3) is 0 Å². The molecule has 4 heteroatoms. The Morgan fingerprint density at radius 3 is 2.75 bits per heavy atom. The van der Waals surface area contributed by atoms with Crippen LogP contribution < -0.4 is 5.32 Å². The highest BCUT2D eigenvalue weighted by Gasteiger charge is 2.54. The first kappa shape index (κ1) is 13.7. The van der Waals surface area contributed by atoms with Gasteiger partial charge in [0.15, 0.2) is 0 Å². The molecule has 0 saturated heterocycles. The van der Waals surface area contributed by atoms with Crippen molar-refractivity contribution in [2.45, 2.75) is 51.2 Å². The van der Waals surface area contributed by atoms with Crippen LogP contribution >= 0.6 is 0 Å². The van der Waals surface area contributed by atoms with E-state index in [9.17, 15) is 9.90 Å². The van der Waals surface area contributed by atoms with Crippen LogP contribution in [0.1, 0.15) is 50.9 Å². The molecule has 20 heavy (non-hydrogen) atoms. The van der Waals surface area contributed by atoms with E-state index in [4.69, 9.17) is 4.42 Å². The van der Waals surface area contributed by atoms with Gasteiger partial charge in [-0.3, -0.25) is 4.79 Å². The number of furan rings is 1. The Labute approximate surface area is 119 Å². The molecule has 4 unspecified atom stereocenters. The van der Waals surface area contributed by atoms with Crippen molar-refractivity contribution >= 4 is 5.91 Å². The zero-order valence-electron chi connectivity index (χ0n) is 11.9. The second-order valence-electron chi connectivity index (χ2n) is 6.31. The number of carbonyl (C=O) groups is 1. The number of hydrogen-bond acceptors (Lipinski definition) is 3. The first-order valence-electron chi connectivity index (χ1n) is 7.68. The van der Waals surface area contributed by atoms with Crippen LogP contribution in [-0.2, 0) is 4.79 Å². The predicted octanol–water partition coefficient (Wildman–Crippen LogP) is 2.64. The lowest BCUT2D eigenvalue weighted by atomic mass is 10.0. The molecule has 0 aromatic carbocycles. The zero-order valence-corrected chi connectivity index (χ0v) is 11.9. The lowest BCUT2D eigenvalue weighted by molar-refractivity contribution is -0.123. The number of hydrogen-bond donors (Lipinski definition) is 2. The highest BCUT2D eigenvalue weighted by molar-refractivity contribution is 5.82. The average molecular weight is 277 g/mol. The molecule has 4 nitrogen and oxygen atoms in total. The molecule has 3 rings (SSSR count). The summed E-state index contributed by atoms with van der Waals surface area (Å²) >= 11 is 0. The van der Waals surface area contributed by atoms with Gasteiger partial charge in [-0.2, -0.15) is 0 Å². The molecular formula is C16H23NO3. The molecule has 2 aliphatic carbocycles. The molecule has 0 aliphatic heterocycles. The smallest absolute Gasteiger partial charge is 0.223 e. The number of aliphatic hydroxyl groups is 1. The number of carbonyl (C=O) groups excluding carboxylic acids is 1. The van der Waals surface area contributed by atoms with E-state index >= 15 is 0 Å². The Hall–Kier alpha value is -1.29. The summed E-state index contributed by atoms with van der Waals surface area (Å²) < 4.78 is 5.18. The van der Waals surface area contributed by atoms with Crippen molar-refractivity contribution in [2.24, 2.45) is 17.8 Å². The number of fused-ring (bicyclic) bond motifs is 1. The lowest BCUT2D eigenvalue weighted by Crippen LogP contribution is -2.35. The number of amides is 1. The fraction of sp³-hybridized carbons (Fsp3) is 0.688.